The molecule has 1 amide bonds. The Hall–Kier alpha value is -1.31. The van der Waals surface area contributed by atoms with Crippen molar-refractivity contribution in [3.63, 3.8) is 0 Å². The van der Waals surface area contributed by atoms with Gasteiger partial charge in [0.1, 0.15) is 11.9 Å². The van der Waals surface area contributed by atoms with Crippen LogP contribution in [0.3, 0.4) is 0 Å². The molecule has 1 saturated heterocycles. The van der Waals surface area contributed by atoms with E-state index in [2.05, 4.69) is 10.6 Å². The van der Waals surface area contributed by atoms with Crippen LogP contribution in [0.2, 0.25) is 0 Å². The van der Waals surface area contributed by atoms with Crippen molar-refractivity contribution >= 4 is 28.2 Å². The second kappa shape index (κ2) is 8.87. The van der Waals surface area contributed by atoms with Gasteiger partial charge < -0.3 is 15.4 Å². The lowest BCUT2D eigenvalue weighted by Crippen LogP contribution is -2.58. The lowest BCUT2D eigenvalue weighted by atomic mass is 9.96. The number of ether oxygens (including phenoxy) is 1. The molecule has 0 saturated carbocycles. The fourth-order valence-corrected chi connectivity index (χ4v) is 4.24. The summed E-state index contributed by atoms with van der Waals surface area (Å²) >= 11 is 0. The molecule has 0 bridgehead atoms. The maximum absolute atomic E-state index is 12.6. The van der Waals surface area contributed by atoms with E-state index in [0.717, 1.165) is 17.6 Å². The molecule has 1 atom stereocenters. The number of benzene rings is 1. The van der Waals surface area contributed by atoms with Crippen molar-refractivity contribution in [3.05, 3.63) is 29.8 Å². The van der Waals surface area contributed by atoms with Crippen molar-refractivity contribution in [1.82, 2.24) is 10.6 Å². The van der Waals surface area contributed by atoms with Gasteiger partial charge in [-0.1, -0.05) is 17.7 Å². The average Bonchev–Trinajstić information content (AvgIpc) is 2.54. The summed E-state index contributed by atoms with van der Waals surface area (Å²) in [4.78, 5) is 12.6. The average molecular weight is 391 g/mol. The van der Waals surface area contributed by atoms with E-state index in [-0.39, 0.29) is 25.1 Å². The number of amides is 1. The van der Waals surface area contributed by atoms with Gasteiger partial charge in [0.2, 0.25) is 5.91 Å². The molecule has 1 aromatic carbocycles. The molecule has 1 aliphatic heterocycles. The van der Waals surface area contributed by atoms with Gasteiger partial charge in [-0.05, 0) is 51.9 Å². The summed E-state index contributed by atoms with van der Waals surface area (Å²) < 4.78 is 28.8. The van der Waals surface area contributed by atoms with Crippen LogP contribution in [0.1, 0.15) is 25.3 Å². The first-order valence-corrected chi connectivity index (χ1v) is 10.1. The molecule has 8 heteroatoms. The van der Waals surface area contributed by atoms with E-state index in [0.29, 0.717) is 25.9 Å². The van der Waals surface area contributed by atoms with Crippen molar-refractivity contribution in [1.29, 1.82) is 0 Å². The molecule has 0 spiro atoms. The molecule has 1 fully saturated rings. The first kappa shape index (κ1) is 21.7. The molecule has 1 heterocycles. The van der Waals surface area contributed by atoms with E-state index in [1.807, 2.05) is 38.1 Å². The van der Waals surface area contributed by atoms with Gasteiger partial charge in [0.15, 0.2) is 14.6 Å². The van der Waals surface area contributed by atoms with Crippen molar-refractivity contribution in [3.8, 4) is 5.75 Å². The van der Waals surface area contributed by atoms with E-state index >= 15 is 0 Å². The summed E-state index contributed by atoms with van der Waals surface area (Å²) in [5.74, 6) is 0.299. The second-order valence-corrected chi connectivity index (χ2v) is 8.79. The van der Waals surface area contributed by atoms with Crippen molar-refractivity contribution in [2.24, 2.45) is 0 Å². The van der Waals surface area contributed by atoms with Crippen LogP contribution in [0, 0.1) is 6.92 Å². The van der Waals surface area contributed by atoms with Gasteiger partial charge >= 0.3 is 0 Å². The third-order valence-electron chi connectivity index (χ3n) is 4.44. The minimum atomic E-state index is -3.49. The van der Waals surface area contributed by atoms with E-state index in [1.165, 1.54) is 0 Å². The third-order valence-corrected chi connectivity index (χ3v) is 6.46. The summed E-state index contributed by atoms with van der Waals surface area (Å²) in [5, 5.41) is 5.86. The molecule has 2 N–H and O–H groups in total. The van der Waals surface area contributed by atoms with Crippen LogP contribution >= 0.6 is 12.4 Å². The highest BCUT2D eigenvalue weighted by Gasteiger charge is 2.48. The molecule has 25 heavy (non-hydrogen) atoms. The molecule has 142 valence electrons. The summed E-state index contributed by atoms with van der Waals surface area (Å²) in [5.41, 5.74) is 1.14. The molecule has 2 rings (SSSR count). The lowest BCUT2D eigenvalue weighted by Gasteiger charge is -2.34. The fraction of sp³-hybridized carbons (Fsp3) is 0.588. The molecule has 0 aromatic heterocycles. The zero-order chi connectivity index (χ0) is 17.8. The van der Waals surface area contributed by atoms with Gasteiger partial charge in [-0.15, -0.1) is 12.4 Å². The number of rotatable bonds is 6. The molecular formula is C17H27ClN2O4S. The standard InChI is InChI=1S/C17H26N2O4S.ClH/c1-13-4-6-15(7-5-13)23-14(2)12-19-16(20)17(24(3,21)22)8-10-18-11-9-17;/h4-7,14,18H,8-12H2,1-3H3,(H,19,20);1H. The maximum atomic E-state index is 12.6. The Bertz CT molecular complexity index is 670. The number of carbonyl (C=O) groups is 1. The molecule has 1 aromatic rings. The van der Waals surface area contributed by atoms with Crippen LogP contribution in [0.15, 0.2) is 24.3 Å². The van der Waals surface area contributed by atoms with Gasteiger partial charge in [0.05, 0.1) is 6.54 Å². The van der Waals surface area contributed by atoms with Gasteiger partial charge in [-0.3, -0.25) is 4.79 Å². The Morgan fingerprint density at radius 2 is 1.84 bits per heavy atom. The minimum absolute atomic E-state index is 0. The SMILES string of the molecule is Cc1ccc(OC(C)CNC(=O)C2(S(C)(=O)=O)CCNCC2)cc1.Cl. The number of carbonyl (C=O) groups excluding carboxylic acids is 1. The molecule has 1 unspecified atom stereocenters. The second-order valence-electron chi connectivity index (χ2n) is 6.47. The van der Waals surface area contributed by atoms with Crippen LogP contribution in [0.25, 0.3) is 0 Å². The van der Waals surface area contributed by atoms with Crippen molar-refractivity contribution < 1.29 is 17.9 Å². The van der Waals surface area contributed by atoms with E-state index in [9.17, 15) is 13.2 Å². The Labute approximate surface area is 156 Å². The maximum Gasteiger partial charge on any atom is 0.241 e. The predicted molar refractivity (Wildman–Crippen MR) is 101 cm³/mol. The van der Waals surface area contributed by atoms with Crippen LogP contribution in [-0.4, -0.2) is 51.1 Å². The lowest BCUT2D eigenvalue weighted by molar-refractivity contribution is -0.124. The number of sulfone groups is 1. The third kappa shape index (κ3) is 5.33. The van der Waals surface area contributed by atoms with Crippen LogP contribution in [-0.2, 0) is 14.6 Å². The van der Waals surface area contributed by atoms with E-state index < -0.39 is 20.5 Å². The smallest absolute Gasteiger partial charge is 0.241 e. The van der Waals surface area contributed by atoms with Gasteiger partial charge in [-0.2, -0.15) is 0 Å². The highest BCUT2D eigenvalue weighted by Crippen LogP contribution is 2.28. The first-order chi connectivity index (χ1) is 11.2. The molecule has 6 nitrogen and oxygen atoms in total. The summed E-state index contributed by atoms with van der Waals surface area (Å²) in [6.45, 7) is 5.15. The fourth-order valence-electron chi connectivity index (χ4n) is 2.89. The van der Waals surface area contributed by atoms with Crippen LogP contribution in [0.4, 0.5) is 0 Å². The number of piperidine rings is 1. The summed E-state index contributed by atoms with van der Waals surface area (Å²) in [6.07, 6.45) is 1.48. The Morgan fingerprint density at radius 1 is 1.28 bits per heavy atom. The number of halogens is 1. The molecule has 1 aliphatic rings. The number of hydrogen-bond donors (Lipinski definition) is 2. The number of aryl methyl sites for hydroxylation is 1. The summed E-state index contributed by atoms with van der Waals surface area (Å²) in [6, 6.07) is 7.65. The van der Waals surface area contributed by atoms with Crippen molar-refractivity contribution in [2.45, 2.75) is 37.5 Å². The van der Waals surface area contributed by atoms with Gasteiger partial charge in [0.25, 0.3) is 0 Å². The normalized spacial score (nSPS) is 17.9. The topological polar surface area (TPSA) is 84.5 Å². The molecule has 0 aliphatic carbocycles. The quantitative estimate of drug-likeness (QED) is 0.768. The van der Waals surface area contributed by atoms with E-state index in [4.69, 9.17) is 4.74 Å². The monoisotopic (exact) mass is 390 g/mol. The van der Waals surface area contributed by atoms with Crippen molar-refractivity contribution in [2.75, 3.05) is 25.9 Å². The predicted octanol–water partition coefficient (Wildman–Crippen LogP) is 1.47. The van der Waals surface area contributed by atoms with Crippen LogP contribution < -0.4 is 15.4 Å². The minimum Gasteiger partial charge on any atom is -0.489 e. The highest BCUT2D eigenvalue weighted by molar-refractivity contribution is 7.92. The Balaban J connectivity index is 0.00000312. The molecule has 0 radical (unpaired) electrons. The zero-order valence-corrected chi connectivity index (χ0v) is 16.5. The first-order valence-electron chi connectivity index (χ1n) is 8.16. The van der Waals surface area contributed by atoms with Crippen LogP contribution in [0.5, 0.6) is 5.75 Å². The zero-order valence-electron chi connectivity index (χ0n) is 14.9. The highest BCUT2D eigenvalue weighted by atomic mass is 35.5. The largest absolute Gasteiger partial charge is 0.489 e. The van der Waals surface area contributed by atoms with Gasteiger partial charge in [0, 0.05) is 6.26 Å². The van der Waals surface area contributed by atoms with Gasteiger partial charge in [-0.25, -0.2) is 8.42 Å². The summed E-state index contributed by atoms with van der Waals surface area (Å²) in [7, 11) is -3.49. The Kier molecular flexibility index (Phi) is 7.71. The molecular weight excluding hydrogens is 364 g/mol. The number of nitrogens with one attached hydrogen (secondary N) is 2. The number of hydrogen-bond acceptors (Lipinski definition) is 5. The Morgan fingerprint density at radius 3 is 2.36 bits per heavy atom. The van der Waals surface area contributed by atoms with E-state index in [1.54, 1.807) is 0 Å².